The first kappa shape index (κ1) is 29.3. The largest absolute Gasteiger partial charge is 0.454 e. The van der Waals surface area contributed by atoms with Gasteiger partial charge in [0.1, 0.15) is 0 Å². The van der Waals surface area contributed by atoms with E-state index in [9.17, 15) is 9.59 Å². The van der Waals surface area contributed by atoms with Gasteiger partial charge in [0.2, 0.25) is 13.2 Å². The standard InChI is InChI=1S/C34H31BrF2N4O4/c1-19(2)27(21-4-6-25-26-7-5-24(35)11-29(26)34(36,37)28(25)8-21)12-38-20(3)30-15-40(16-41(30)17-42)33(43)39-13-22-9-31-32(45-18-44-31)10-23(22)14-39/h4-12,17,19,30,38H,3,13-16,18H2,1-2H3/b27-12+. The zero-order chi connectivity index (χ0) is 31.6. The highest BCUT2D eigenvalue weighted by Crippen LogP contribution is 2.52. The molecule has 0 aromatic heterocycles. The monoisotopic (exact) mass is 676 g/mol. The summed E-state index contributed by atoms with van der Waals surface area (Å²) in [6, 6.07) is 13.3. The van der Waals surface area contributed by atoms with Crippen molar-refractivity contribution >= 4 is 33.9 Å². The number of rotatable bonds is 6. The van der Waals surface area contributed by atoms with Crippen molar-refractivity contribution in [3.05, 3.63) is 99.3 Å². The van der Waals surface area contributed by atoms with Crippen LogP contribution in [0, 0.1) is 5.92 Å². The minimum atomic E-state index is -3.12. The summed E-state index contributed by atoms with van der Waals surface area (Å²) in [7, 11) is 0. The van der Waals surface area contributed by atoms with Crippen LogP contribution in [0.4, 0.5) is 13.6 Å². The number of allylic oxidation sites excluding steroid dienone is 1. The van der Waals surface area contributed by atoms with Crippen molar-refractivity contribution in [2.75, 3.05) is 20.0 Å². The van der Waals surface area contributed by atoms with E-state index in [1.807, 2.05) is 32.0 Å². The van der Waals surface area contributed by atoms with Crippen molar-refractivity contribution in [3.63, 3.8) is 0 Å². The molecule has 11 heteroatoms. The zero-order valence-electron chi connectivity index (χ0n) is 24.8. The molecular weight excluding hydrogens is 646 g/mol. The van der Waals surface area contributed by atoms with Gasteiger partial charge in [0.05, 0.1) is 19.3 Å². The van der Waals surface area contributed by atoms with Crippen LogP contribution in [0.3, 0.4) is 0 Å². The van der Waals surface area contributed by atoms with E-state index in [4.69, 9.17) is 9.47 Å². The van der Waals surface area contributed by atoms with E-state index in [1.54, 1.807) is 40.3 Å². The van der Waals surface area contributed by atoms with Crippen LogP contribution < -0.4 is 14.8 Å². The molecule has 3 amide bonds. The predicted molar refractivity (Wildman–Crippen MR) is 168 cm³/mol. The number of halogens is 3. The summed E-state index contributed by atoms with van der Waals surface area (Å²) in [5, 5.41) is 3.22. The van der Waals surface area contributed by atoms with E-state index in [1.165, 1.54) is 11.0 Å². The molecule has 3 aromatic rings. The second kappa shape index (κ2) is 10.9. The summed E-state index contributed by atoms with van der Waals surface area (Å²) in [6.45, 7) is 9.62. The zero-order valence-corrected chi connectivity index (χ0v) is 26.4. The van der Waals surface area contributed by atoms with Gasteiger partial charge in [-0.3, -0.25) is 4.79 Å². The second-order valence-electron chi connectivity index (χ2n) is 12.1. The van der Waals surface area contributed by atoms with Crippen molar-refractivity contribution in [2.24, 2.45) is 5.92 Å². The van der Waals surface area contributed by atoms with Crippen molar-refractivity contribution in [2.45, 2.75) is 38.9 Å². The van der Waals surface area contributed by atoms with Gasteiger partial charge in [-0.25, -0.2) is 4.79 Å². The molecule has 3 aliphatic heterocycles. The van der Waals surface area contributed by atoms with Crippen molar-refractivity contribution < 1.29 is 27.8 Å². The third kappa shape index (κ3) is 4.93. The SMILES string of the molecule is C=C(N/C=C(/c1ccc2c(c1)C(F)(F)c1cc(Br)ccc1-2)C(C)C)C1CN(C(=O)N2Cc3cc4c(cc3C2)OCO4)CN1C=O. The highest BCUT2D eigenvalue weighted by molar-refractivity contribution is 9.10. The maximum Gasteiger partial charge on any atom is 0.322 e. The van der Waals surface area contributed by atoms with Gasteiger partial charge in [-0.15, -0.1) is 0 Å². The topological polar surface area (TPSA) is 74.4 Å². The number of ether oxygens (including phenoxy) is 2. The first-order chi connectivity index (χ1) is 21.5. The Balaban J connectivity index is 1.06. The maximum atomic E-state index is 15.5. The fourth-order valence-corrected chi connectivity index (χ4v) is 6.93. The summed E-state index contributed by atoms with van der Waals surface area (Å²) in [5.41, 5.74) is 5.04. The van der Waals surface area contributed by atoms with Gasteiger partial charge in [-0.1, -0.05) is 54.6 Å². The smallest absolute Gasteiger partial charge is 0.322 e. The fraction of sp³-hybridized carbons (Fsp3) is 0.294. The highest BCUT2D eigenvalue weighted by Gasteiger charge is 2.45. The third-order valence-electron chi connectivity index (χ3n) is 8.96. The molecule has 3 heterocycles. The number of amides is 3. The van der Waals surface area contributed by atoms with Gasteiger partial charge >= 0.3 is 6.03 Å². The molecule has 1 N–H and O–H groups in total. The molecule has 0 bridgehead atoms. The van der Waals surface area contributed by atoms with E-state index < -0.39 is 12.0 Å². The molecule has 0 saturated carbocycles. The van der Waals surface area contributed by atoms with Crippen molar-refractivity contribution in [1.29, 1.82) is 0 Å². The van der Waals surface area contributed by atoms with E-state index in [0.29, 0.717) is 57.9 Å². The van der Waals surface area contributed by atoms with Crippen LogP contribution in [-0.2, 0) is 23.8 Å². The normalized spacial score (nSPS) is 19.1. The number of alkyl halides is 2. The Kier molecular flexibility index (Phi) is 7.11. The quantitative estimate of drug-likeness (QED) is 0.297. The van der Waals surface area contributed by atoms with Gasteiger partial charge in [-0.2, -0.15) is 8.78 Å². The van der Waals surface area contributed by atoms with Gasteiger partial charge in [-0.05, 0) is 69.6 Å². The van der Waals surface area contributed by atoms with Crippen LogP contribution in [0.2, 0.25) is 0 Å². The van der Waals surface area contributed by atoms with Crippen molar-refractivity contribution in [1.82, 2.24) is 20.0 Å². The van der Waals surface area contributed by atoms with Crippen LogP contribution in [-0.4, -0.2) is 53.2 Å². The fourth-order valence-electron chi connectivity index (χ4n) is 6.57. The van der Waals surface area contributed by atoms with E-state index >= 15 is 8.78 Å². The Morgan fingerprint density at radius 2 is 1.67 bits per heavy atom. The Morgan fingerprint density at radius 1 is 1.02 bits per heavy atom. The number of nitrogens with zero attached hydrogens (tertiary/aromatic N) is 3. The average molecular weight is 678 g/mol. The molecule has 4 aliphatic rings. The van der Waals surface area contributed by atoms with Crippen LogP contribution in [0.1, 0.15) is 41.7 Å². The minimum Gasteiger partial charge on any atom is -0.454 e. The number of benzene rings is 3. The lowest BCUT2D eigenvalue weighted by Gasteiger charge is -2.23. The second-order valence-corrected chi connectivity index (χ2v) is 13.0. The predicted octanol–water partition coefficient (Wildman–Crippen LogP) is 6.63. The lowest BCUT2D eigenvalue weighted by molar-refractivity contribution is -0.118. The first-order valence-electron chi connectivity index (χ1n) is 14.7. The highest BCUT2D eigenvalue weighted by atomic mass is 79.9. The Hall–Kier alpha value is -4.38. The van der Waals surface area contributed by atoms with E-state index in [0.717, 1.165) is 16.7 Å². The first-order valence-corrected chi connectivity index (χ1v) is 15.5. The van der Waals surface area contributed by atoms with Gasteiger partial charge in [0.25, 0.3) is 5.92 Å². The lowest BCUT2D eigenvalue weighted by Crippen LogP contribution is -2.40. The summed E-state index contributed by atoms with van der Waals surface area (Å²) < 4.78 is 42.7. The van der Waals surface area contributed by atoms with Gasteiger partial charge < -0.3 is 29.5 Å². The Bertz CT molecular complexity index is 1760. The summed E-state index contributed by atoms with van der Waals surface area (Å²) >= 11 is 3.32. The molecular formula is C34H31BrF2N4O4. The number of carbonyl (C=O) groups excluding carboxylic acids is 2. The minimum absolute atomic E-state index is 0.00677. The molecule has 45 heavy (non-hydrogen) atoms. The number of hydrogen-bond acceptors (Lipinski definition) is 5. The molecule has 1 fully saturated rings. The van der Waals surface area contributed by atoms with E-state index in [-0.39, 0.29) is 43.1 Å². The van der Waals surface area contributed by atoms with Crippen molar-refractivity contribution in [3.8, 4) is 22.6 Å². The number of urea groups is 1. The lowest BCUT2D eigenvalue weighted by atomic mass is 9.92. The van der Waals surface area contributed by atoms with Gasteiger partial charge in [0, 0.05) is 40.6 Å². The molecule has 7 rings (SSSR count). The molecule has 1 unspecified atom stereocenters. The van der Waals surface area contributed by atoms with E-state index in [2.05, 4.69) is 27.8 Å². The molecule has 0 spiro atoms. The van der Waals surface area contributed by atoms with Crippen LogP contribution in [0.15, 0.2) is 71.5 Å². The van der Waals surface area contributed by atoms with Crippen LogP contribution >= 0.6 is 15.9 Å². The number of carbonyl (C=O) groups is 2. The molecule has 3 aromatic carbocycles. The maximum absolute atomic E-state index is 15.5. The number of nitrogens with one attached hydrogen (secondary N) is 1. The Morgan fingerprint density at radius 3 is 2.31 bits per heavy atom. The van der Waals surface area contributed by atoms with Gasteiger partial charge in [0.15, 0.2) is 11.5 Å². The molecule has 8 nitrogen and oxygen atoms in total. The molecule has 1 aliphatic carbocycles. The average Bonchev–Trinajstić information content (AvgIpc) is 3.79. The molecule has 1 atom stereocenters. The number of hydrogen-bond donors (Lipinski definition) is 1. The molecule has 232 valence electrons. The van der Waals surface area contributed by atoms with Crippen LogP contribution in [0.25, 0.3) is 16.7 Å². The van der Waals surface area contributed by atoms with Crippen LogP contribution in [0.5, 0.6) is 11.5 Å². The Labute approximate surface area is 268 Å². The molecule has 1 saturated heterocycles. The molecule has 0 radical (unpaired) electrons. The summed E-state index contributed by atoms with van der Waals surface area (Å²) in [6.07, 6.45) is 2.48. The third-order valence-corrected chi connectivity index (χ3v) is 9.45. The summed E-state index contributed by atoms with van der Waals surface area (Å²) in [4.78, 5) is 30.4. The summed E-state index contributed by atoms with van der Waals surface area (Å²) in [5.74, 6) is -1.77. The number of fused-ring (bicyclic) bond motifs is 5.